The molecule has 5 nitrogen and oxygen atoms in total. The van der Waals surface area contributed by atoms with Crippen molar-refractivity contribution >= 4 is 5.91 Å². The van der Waals surface area contributed by atoms with E-state index in [1.54, 1.807) is 29.2 Å². The third-order valence-electron chi connectivity index (χ3n) is 4.76. The number of carbonyl (C=O) groups excluding carboxylic acids is 1. The minimum absolute atomic E-state index is 0.112. The van der Waals surface area contributed by atoms with E-state index >= 15 is 0 Å². The maximum Gasteiger partial charge on any atom is 0.416 e. The molecule has 0 radical (unpaired) electrons. The van der Waals surface area contributed by atoms with E-state index in [0.717, 1.165) is 17.7 Å². The van der Waals surface area contributed by atoms with Gasteiger partial charge < -0.3 is 19.3 Å². The summed E-state index contributed by atoms with van der Waals surface area (Å²) in [6.45, 7) is 2.06. The number of benzene rings is 2. The first kappa shape index (κ1) is 22.0. The number of ether oxygens (including phenoxy) is 2. The van der Waals surface area contributed by atoms with Crippen molar-refractivity contribution in [3.8, 4) is 11.5 Å². The van der Waals surface area contributed by atoms with Crippen LogP contribution in [0.1, 0.15) is 16.7 Å². The van der Waals surface area contributed by atoms with Crippen LogP contribution in [0.2, 0.25) is 0 Å². The van der Waals surface area contributed by atoms with Gasteiger partial charge in [0.15, 0.2) is 11.5 Å². The van der Waals surface area contributed by atoms with E-state index in [9.17, 15) is 18.0 Å². The number of fused-ring (bicyclic) bond motifs is 1. The summed E-state index contributed by atoms with van der Waals surface area (Å²) in [5.41, 5.74) is 0.495. The largest absolute Gasteiger partial charge is 0.486 e. The zero-order valence-electron chi connectivity index (χ0n) is 17.0. The van der Waals surface area contributed by atoms with Gasteiger partial charge in [0.05, 0.1) is 12.0 Å². The summed E-state index contributed by atoms with van der Waals surface area (Å²) in [4.78, 5) is 16.5. The lowest BCUT2D eigenvalue weighted by molar-refractivity contribution is -0.137. The van der Waals surface area contributed by atoms with Gasteiger partial charge in [0.25, 0.3) is 0 Å². The van der Waals surface area contributed by atoms with E-state index < -0.39 is 11.7 Å². The van der Waals surface area contributed by atoms with E-state index in [0.29, 0.717) is 43.4 Å². The second-order valence-corrected chi connectivity index (χ2v) is 7.47. The van der Waals surface area contributed by atoms with Gasteiger partial charge in [0.2, 0.25) is 5.91 Å². The van der Waals surface area contributed by atoms with E-state index in [4.69, 9.17) is 9.47 Å². The SMILES string of the molecule is CN(C)CCN(Cc1cccc(C(F)(F)F)c1)C(=O)Cc1ccc2c(c1)OCCO2. The molecule has 2 aromatic rings. The van der Waals surface area contributed by atoms with Crippen LogP contribution < -0.4 is 9.47 Å². The molecule has 0 spiro atoms. The Labute approximate surface area is 174 Å². The van der Waals surface area contributed by atoms with Crippen LogP contribution in [0.4, 0.5) is 13.2 Å². The summed E-state index contributed by atoms with van der Waals surface area (Å²) in [6.07, 6.45) is -4.29. The highest BCUT2D eigenvalue weighted by Crippen LogP contribution is 2.31. The van der Waals surface area contributed by atoms with Crippen molar-refractivity contribution in [2.75, 3.05) is 40.4 Å². The van der Waals surface area contributed by atoms with Gasteiger partial charge in [-0.2, -0.15) is 13.2 Å². The summed E-state index contributed by atoms with van der Waals surface area (Å²) < 4.78 is 50.2. The molecule has 1 aliphatic heterocycles. The van der Waals surface area contributed by atoms with Crippen molar-refractivity contribution < 1.29 is 27.4 Å². The normalized spacial score (nSPS) is 13.4. The molecule has 3 rings (SSSR count). The summed E-state index contributed by atoms with van der Waals surface area (Å²) >= 11 is 0. The lowest BCUT2D eigenvalue weighted by atomic mass is 10.1. The highest BCUT2D eigenvalue weighted by atomic mass is 19.4. The molecule has 0 aliphatic carbocycles. The van der Waals surface area contributed by atoms with Crippen LogP contribution in [-0.4, -0.2) is 56.1 Å². The Kier molecular flexibility index (Phi) is 6.87. The molecule has 0 saturated carbocycles. The van der Waals surface area contributed by atoms with Gasteiger partial charge in [-0.25, -0.2) is 0 Å². The summed E-state index contributed by atoms with van der Waals surface area (Å²) in [6, 6.07) is 10.5. The number of hydrogen-bond acceptors (Lipinski definition) is 4. The molecule has 1 heterocycles. The number of hydrogen-bond donors (Lipinski definition) is 0. The molecular weight excluding hydrogens is 397 g/mol. The van der Waals surface area contributed by atoms with Crippen molar-refractivity contribution in [2.24, 2.45) is 0 Å². The van der Waals surface area contributed by atoms with Crippen molar-refractivity contribution in [2.45, 2.75) is 19.1 Å². The molecule has 1 amide bonds. The molecule has 0 fully saturated rings. The van der Waals surface area contributed by atoms with Gasteiger partial charge in [-0.3, -0.25) is 4.79 Å². The van der Waals surface area contributed by atoms with Crippen LogP contribution in [0.25, 0.3) is 0 Å². The molecule has 0 unspecified atom stereocenters. The standard InChI is InChI=1S/C22H25F3N2O3/c1-26(2)8-9-27(15-17-4-3-5-18(12-17)22(23,24)25)21(28)14-16-6-7-19-20(13-16)30-11-10-29-19/h3-7,12-13H,8-11,14-15H2,1-2H3. The van der Waals surface area contributed by atoms with E-state index in [1.165, 1.54) is 6.07 Å². The quantitative estimate of drug-likeness (QED) is 0.684. The van der Waals surface area contributed by atoms with Gasteiger partial charge in [-0.15, -0.1) is 0 Å². The van der Waals surface area contributed by atoms with Gasteiger partial charge in [-0.05, 0) is 49.5 Å². The Morgan fingerprint density at radius 3 is 2.40 bits per heavy atom. The monoisotopic (exact) mass is 422 g/mol. The second-order valence-electron chi connectivity index (χ2n) is 7.47. The van der Waals surface area contributed by atoms with Gasteiger partial charge >= 0.3 is 6.18 Å². The molecule has 162 valence electrons. The fraction of sp³-hybridized carbons (Fsp3) is 0.409. The molecule has 0 atom stereocenters. The zero-order chi connectivity index (χ0) is 21.7. The molecule has 0 saturated heterocycles. The maximum absolute atomic E-state index is 13.0. The first-order chi connectivity index (χ1) is 14.2. The average molecular weight is 422 g/mol. The third-order valence-corrected chi connectivity index (χ3v) is 4.76. The smallest absolute Gasteiger partial charge is 0.416 e. The van der Waals surface area contributed by atoms with Gasteiger partial charge in [0, 0.05) is 19.6 Å². The summed E-state index contributed by atoms with van der Waals surface area (Å²) in [5, 5.41) is 0. The highest BCUT2D eigenvalue weighted by Gasteiger charge is 2.30. The molecule has 30 heavy (non-hydrogen) atoms. The minimum Gasteiger partial charge on any atom is -0.486 e. The van der Waals surface area contributed by atoms with Crippen LogP contribution in [-0.2, 0) is 23.9 Å². The van der Waals surface area contributed by atoms with Crippen LogP contribution in [0.3, 0.4) is 0 Å². The molecule has 0 aromatic heterocycles. The number of carbonyl (C=O) groups is 1. The highest BCUT2D eigenvalue weighted by molar-refractivity contribution is 5.79. The predicted octanol–water partition coefficient (Wildman–Crippen LogP) is 3.61. The van der Waals surface area contributed by atoms with Crippen molar-refractivity contribution in [1.29, 1.82) is 0 Å². The zero-order valence-corrected chi connectivity index (χ0v) is 17.0. The van der Waals surface area contributed by atoms with Crippen molar-refractivity contribution in [3.05, 3.63) is 59.2 Å². The van der Waals surface area contributed by atoms with Crippen LogP contribution in [0, 0.1) is 0 Å². The Morgan fingerprint density at radius 1 is 0.967 bits per heavy atom. The summed E-state index contributed by atoms with van der Waals surface area (Å²) in [7, 11) is 3.77. The lowest BCUT2D eigenvalue weighted by Crippen LogP contribution is -2.37. The predicted molar refractivity (Wildman–Crippen MR) is 107 cm³/mol. The third kappa shape index (κ3) is 5.89. The first-order valence-corrected chi connectivity index (χ1v) is 9.69. The number of halogens is 3. The van der Waals surface area contributed by atoms with Crippen LogP contribution in [0.5, 0.6) is 11.5 Å². The Hall–Kier alpha value is -2.74. The number of alkyl halides is 3. The van der Waals surface area contributed by atoms with Crippen molar-refractivity contribution in [1.82, 2.24) is 9.80 Å². The van der Waals surface area contributed by atoms with Gasteiger partial charge in [-0.1, -0.05) is 18.2 Å². The molecule has 0 N–H and O–H groups in total. The van der Waals surface area contributed by atoms with E-state index in [1.807, 2.05) is 19.0 Å². The maximum atomic E-state index is 13.0. The number of nitrogens with zero attached hydrogens (tertiary/aromatic N) is 2. The van der Waals surface area contributed by atoms with Crippen LogP contribution >= 0.6 is 0 Å². The fourth-order valence-corrected chi connectivity index (χ4v) is 3.16. The molecule has 8 heteroatoms. The molecule has 1 aliphatic rings. The Morgan fingerprint density at radius 2 is 1.70 bits per heavy atom. The Bertz CT molecular complexity index is 884. The summed E-state index contributed by atoms with van der Waals surface area (Å²) in [5.74, 6) is 1.08. The topological polar surface area (TPSA) is 42.0 Å². The second kappa shape index (κ2) is 9.38. The number of amides is 1. The number of likely N-dealkylation sites (N-methyl/N-ethyl adjacent to an activating group) is 1. The van der Waals surface area contributed by atoms with Crippen molar-refractivity contribution in [3.63, 3.8) is 0 Å². The van der Waals surface area contributed by atoms with Crippen LogP contribution in [0.15, 0.2) is 42.5 Å². The minimum atomic E-state index is -4.42. The first-order valence-electron chi connectivity index (χ1n) is 9.69. The molecular formula is C22H25F3N2O3. The number of rotatable bonds is 7. The Balaban J connectivity index is 1.75. The fourth-order valence-electron chi connectivity index (χ4n) is 3.16. The van der Waals surface area contributed by atoms with E-state index in [-0.39, 0.29) is 18.9 Å². The average Bonchev–Trinajstić information content (AvgIpc) is 2.70. The molecule has 0 bridgehead atoms. The lowest BCUT2D eigenvalue weighted by Gasteiger charge is -2.25. The molecule has 2 aromatic carbocycles. The van der Waals surface area contributed by atoms with E-state index in [2.05, 4.69) is 0 Å². The van der Waals surface area contributed by atoms with Gasteiger partial charge in [0.1, 0.15) is 13.2 Å².